The number of nitrogens with zero attached hydrogens (tertiary/aromatic N) is 2. The van der Waals surface area contributed by atoms with Crippen LogP contribution in [0.2, 0.25) is 0 Å². The van der Waals surface area contributed by atoms with Crippen molar-refractivity contribution in [1.82, 2.24) is 14.5 Å². The molecule has 10 heteroatoms. The Labute approximate surface area is 170 Å². The van der Waals surface area contributed by atoms with Crippen LogP contribution in [0.15, 0.2) is 47.8 Å². The fraction of sp³-hybridized carbons (Fsp3) is 0.200. The van der Waals surface area contributed by atoms with Crippen LogP contribution in [0, 0.1) is 0 Å². The number of benzene rings is 1. The molecule has 0 aliphatic heterocycles. The SMILES string of the molecule is Nc1[nH]c(=O)c(C(=O)O)c(-c2ccccc2OCCCCn2ccnc2)c1C(=O)O. The van der Waals surface area contributed by atoms with Gasteiger partial charge in [0.2, 0.25) is 0 Å². The fourth-order valence-electron chi connectivity index (χ4n) is 3.11. The third kappa shape index (κ3) is 4.32. The summed E-state index contributed by atoms with van der Waals surface area (Å²) in [5.41, 5.74) is 3.37. The summed E-state index contributed by atoms with van der Waals surface area (Å²) in [6.07, 6.45) is 6.78. The Hall–Kier alpha value is -4.08. The van der Waals surface area contributed by atoms with Gasteiger partial charge in [-0.3, -0.25) is 4.79 Å². The lowest BCUT2D eigenvalue weighted by atomic mass is 9.94. The number of hydrogen-bond donors (Lipinski definition) is 4. The highest BCUT2D eigenvalue weighted by molar-refractivity contribution is 6.08. The van der Waals surface area contributed by atoms with Crippen LogP contribution in [0.3, 0.4) is 0 Å². The van der Waals surface area contributed by atoms with E-state index in [9.17, 15) is 24.6 Å². The number of anilines is 1. The van der Waals surface area contributed by atoms with Gasteiger partial charge in [-0.05, 0) is 18.9 Å². The monoisotopic (exact) mass is 412 g/mol. The number of ether oxygens (including phenoxy) is 1. The molecule has 10 nitrogen and oxygen atoms in total. The highest BCUT2D eigenvalue weighted by atomic mass is 16.5. The van der Waals surface area contributed by atoms with Crippen molar-refractivity contribution in [1.29, 1.82) is 0 Å². The number of aromatic amines is 1. The smallest absolute Gasteiger partial charge is 0.342 e. The van der Waals surface area contributed by atoms with Crippen LogP contribution in [-0.4, -0.2) is 43.3 Å². The topological polar surface area (TPSA) is 161 Å². The van der Waals surface area contributed by atoms with Gasteiger partial charge in [0.1, 0.15) is 22.7 Å². The molecule has 2 aromatic heterocycles. The molecular weight excluding hydrogens is 392 g/mol. The number of unbranched alkanes of at least 4 members (excludes halogenated alkanes) is 1. The minimum Gasteiger partial charge on any atom is -0.493 e. The number of aryl methyl sites for hydroxylation is 1. The Balaban J connectivity index is 1.92. The van der Waals surface area contributed by atoms with Crippen molar-refractivity contribution >= 4 is 17.8 Å². The quantitative estimate of drug-likeness (QED) is 0.388. The number of nitrogens with two attached hydrogens (primary N) is 1. The van der Waals surface area contributed by atoms with E-state index in [2.05, 4.69) is 9.97 Å². The first-order valence-electron chi connectivity index (χ1n) is 9.10. The summed E-state index contributed by atoms with van der Waals surface area (Å²) in [4.78, 5) is 41.8. The van der Waals surface area contributed by atoms with Crippen molar-refractivity contribution in [2.75, 3.05) is 12.3 Å². The number of rotatable bonds is 9. The van der Waals surface area contributed by atoms with Crippen molar-refractivity contribution in [2.45, 2.75) is 19.4 Å². The second-order valence-electron chi connectivity index (χ2n) is 6.46. The van der Waals surface area contributed by atoms with E-state index in [0.29, 0.717) is 13.0 Å². The van der Waals surface area contributed by atoms with Gasteiger partial charge in [-0.25, -0.2) is 14.6 Å². The molecule has 0 atom stereocenters. The van der Waals surface area contributed by atoms with Gasteiger partial charge in [-0.1, -0.05) is 18.2 Å². The van der Waals surface area contributed by atoms with E-state index >= 15 is 0 Å². The number of imidazole rings is 1. The van der Waals surface area contributed by atoms with Crippen molar-refractivity contribution in [3.63, 3.8) is 0 Å². The normalized spacial score (nSPS) is 10.7. The minimum atomic E-state index is -1.57. The number of pyridine rings is 1. The van der Waals surface area contributed by atoms with Gasteiger partial charge in [0, 0.05) is 30.1 Å². The average molecular weight is 412 g/mol. The molecule has 30 heavy (non-hydrogen) atoms. The molecule has 0 spiro atoms. The maximum absolute atomic E-state index is 12.2. The number of aromatic nitrogens is 3. The van der Waals surface area contributed by atoms with Crippen LogP contribution >= 0.6 is 0 Å². The van der Waals surface area contributed by atoms with E-state index in [0.717, 1.165) is 13.0 Å². The van der Waals surface area contributed by atoms with Crippen LogP contribution in [-0.2, 0) is 6.54 Å². The Morgan fingerprint density at radius 1 is 1.13 bits per heavy atom. The second-order valence-corrected chi connectivity index (χ2v) is 6.46. The Morgan fingerprint density at radius 3 is 2.53 bits per heavy atom. The molecular formula is C20H20N4O6. The fourth-order valence-corrected chi connectivity index (χ4v) is 3.11. The minimum absolute atomic E-state index is 0.166. The Bertz CT molecular complexity index is 1120. The summed E-state index contributed by atoms with van der Waals surface area (Å²) in [6, 6.07) is 6.34. The first kappa shape index (κ1) is 20.6. The van der Waals surface area contributed by atoms with E-state index in [1.54, 1.807) is 30.7 Å². The summed E-state index contributed by atoms with van der Waals surface area (Å²) >= 11 is 0. The molecule has 156 valence electrons. The van der Waals surface area contributed by atoms with Crippen LogP contribution in [0.5, 0.6) is 5.75 Å². The third-order valence-corrected chi connectivity index (χ3v) is 4.46. The van der Waals surface area contributed by atoms with Gasteiger partial charge >= 0.3 is 11.9 Å². The molecule has 0 radical (unpaired) electrons. The zero-order chi connectivity index (χ0) is 21.7. The summed E-state index contributed by atoms with van der Waals surface area (Å²) in [7, 11) is 0. The lowest BCUT2D eigenvalue weighted by Gasteiger charge is -2.16. The van der Waals surface area contributed by atoms with Crippen LogP contribution in [0.1, 0.15) is 33.6 Å². The standard InChI is InChI=1S/C20H20N4O6/c21-17-15(19(26)27)14(16(20(28)29)18(25)23-17)12-5-1-2-6-13(12)30-10-4-3-8-24-9-7-22-11-24/h1-2,5-7,9,11H,3-4,8,10H2,(H,26,27)(H,28,29)(H3,21,23,25). The molecule has 3 rings (SSSR count). The maximum Gasteiger partial charge on any atom is 0.342 e. The summed E-state index contributed by atoms with van der Waals surface area (Å²) in [5.74, 6) is -3.20. The van der Waals surface area contributed by atoms with Crippen LogP contribution in [0.25, 0.3) is 11.1 Å². The summed E-state index contributed by atoms with van der Waals surface area (Å²) in [6.45, 7) is 1.08. The second kappa shape index (κ2) is 8.95. The van der Waals surface area contributed by atoms with Gasteiger partial charge in [-0.15, -0.1) is 0 Å². The van der Waals surface area contributed by atoms with Gasteiger partial charge in [0.25, 0.3) is 5.56 Å². The largest absolute Gasteiger partial charge is 0.493 e. The number of carboxylic acids is 2. The molecule has 0 bridgehead atoms. The molecule has 0 amide bonds. The van der Waals surface area contributed by atoms with Crippen molar-refractivity contribution in [3.05, 3.63) is 64.5 Å². The maximum atomic E-state index is 12.2. The Kier molecular flexibility index (Phi) is 6.16. The van der Waals surface area contributed by atoms with Crippen molar-refractivity contribution < 1.29 is 24.5 Å². The Morgan fingerprint density at radius 2 is 1.87 bits per heavy atom. The van der Waals surface area contributed by atoms with E-state index in [4.69, 9.17) is 10.5 Å². The molecule has 5 N–H and O–H groups in total. The molecule has 0 saturated carbocycles. The molecule has 2 heterocycles. The predicted molar refractivity (Wildman–Crippen MR) is 108 cm³/mol. The summed E-state index contributed by atoms with van der Waals surface area (Å²) in [5, 5.41) is 19.1. The third-order valence-electron chi connectivity index (χ3n) is 4.46. The molecule has 1 aromatic carbocycles. The van der Waals surface area contributed by atoms with Crippen molar-refractivity contribution in [2.24, 2.45) is 0 Å². The van der Waals surface area contributed by atoms with Crippen LogP contribution in [0.4, 0.5) is 5.82 Å². The number of carboxylic acid groups (broad SMARTS) is 2. The number of aromatic carboxylic acids is 2. The highest BCUT2D eigenvalue weighted by Crippen LogP contribution is 2.35. The molecule has 0 unspecified atom stereocenters. The first-order chi connectivity index (χ1) is 14.4. The molecule has 0 saturated heterocycles. The zero-order valence-electron chi connectivity index (χ0n) is 15.9. The van der Waals surface area contributed by atoms with Gasteiger partial charge in [0.05, 0.1) is 12.9 Å². The number of carbonyl (C=O) groups is 2. The lowest BCUT2D eigenvalue weighted by molar-refractivity contribution is 0.0695. The summed E-state index contributed by atoms with van der Waals surface area (Å²) < 4.78 is 7.73. The number of nitrogen functional groups attached to an aromatic ring is 1. The number of H-pyrrole nitrogens is 1. The molecule has 0 aliphatic rings. The predicted octanol–water partition coefficient (Wildman–Crippen LogP) is 2.08. The van der Waals surface area contributed by atoms with Gasteiger partial charge in [0.15, 0.2) is 0 Å². The average Bonchev–Trinajstić information content (AvgIpc) is 3.20. The molecule has 0 aliphatic carbocycles. The van der Waals surface area contributed by atoms with Gasteiger partial charge < -0.3 is 30.2 Å². The van der Waals surface area contributed by atoms with Gasteiger partial charge in [-0.2, -0.15) is 0 Å². The van der Waals surface area contributed by atoms with E-state index < -0.39 is 34.4 Å². The lowest BCUT2D eigenvalue weighted by Crippen LogP contribution is -2.24. The highest BCUT2D eigenvalue weighted by Gasteiger charge is 2.28. The molecule has 3 aromatic rings. The number of nitrogens with one attached hydrogen (secondary N) is 1. The molecule has 0 fully saturated rings. The van der Waals surface area contributed by atoms with Crippen molar-refractivity contribution in [3.8, 4) is 16.9 Å². The van der Waals surface area contributed by atoms with E-state index in [-0.39, 0.29) is 16.9 Å². The zero-order valence-corrected chi connectivity index (χ0v) is 15.9. The first-order valence-corrected chi connectivity index (χ1v) is 9.10. The van der Waals surface area contributed by atoms with Crippen LogP contribution < -0.4 is 16.0 Å². The van der Waals surface area contributed by atoms with E-state index in [1.807, 2.05) is 10.8 Å². The number of hydrogen-bond acceptors (Lipinski definition) is 6. The number of para-hydroxylation sites is 1. The van der Waals surface area contributed by atoms with E-state index in [1.165, 1.54) is 6.07 Å².